The van der Waals surface area contributed by atoms with Crippen LogP contribution in [0, 0.1) is 11.7 Å². The van der Waals surface area contributed by atoms with Crippen LogP contribution in [0.15, 0.2) is 53.4 Å². The third-order valence-corrected chi connectivity index (χ3v) is 5.93. The molecule has 3 aromatic rings. The highest BCUT2D eigenvalue weighted by atomic mass is 32.2. The number of nitrogens with zero attached hydrogens (tertiary/aromatic N) is 2. The first kappa shape index (κ1) is 20.7. The zero-order valence-corrected chi connectivity index (χ0v) is 17.6. The van der Waals surface area contributed by atoms with E-state index in [4.69, 9.17) is 12.2 Å². The van der Waals surface area contributed by atoms with Crippen molar-refractivity contribution in [3.63, 3.8) is 0 Å². The van der Waals surface area contributed by atoms with Crippen LogP contribution in [-0.2, 0) is 23.1 Å². The van der Waals surface area contributed by atoms with Gasteiger partial charge in [-0.3, -0.25) is 14.6 Å². The molecule has 0 spiro atoms. The number of anilines is 1. The number of carbonyl (C=O) groups excluding carboxylic acids is 1. The Hall–Kier alpha value is -2.98. The Morgan fingerprint density at radius 3 is 2.69 bits per heavy atom. The molecule has 1 aromatic heterocycles. The van der Waals surface area contributed by atoms with Crippen LogP contribution >= 0.6 is 12.2 Å². The molecular weight excluding hydrogens is 410 g/mol. The number of H-pyrrole nitrogens is 1. The fourth-order valence-corrected chi connectivity index (χ4v) is 4.17. The van der Waals surface area contributed by atoms with Crippen LogP contribution in [-0.4, -0.2) is 29.1 Å². The fraction of sp³-hybridized carbons (Fsp3) is 0.211. The van der Waals surface area contributed by atoms with Crippen molar-refractivity contribution < 1.29 is 13.2 Å². The number of hydrogen-bond acceptors (Lipinski definition) is 5. The van der Waals surface area contributed by atoms with E-state index in [9.17, 15) is 13.2 Å². The molecule has 0 bridgehead atoms. The number of aromatic amines is 1. The van der Waals surface area contributed by atoms with Crippen LogP contribution < -0.4 is 10.0 Å². The predicted molar refractivity (Wildman–Crippen MR) is 113 cm³/mol. The molecule has 29 heavy (non-hydrogen) atoms. The maximum Gasteiger partial charge on any atom is 0.261 e. The summed E-state index contributed by atoms with van der Waals surface area (Å²) in [4.78, 5) is 12.5. The summed E-state index contributed by atoms with van der Waals surface area (Å²) in [6, 6.07) is 12.9. The number of nitrogens with one attached hydrogen (secondary N) is 3. The second-order valence-corrected chi connectivity index (χ2v) is 8.44. The molecule has 0 aliphatic carbocycles. The van der Waals surface area contributed by atoms with E-state index in [-0.39, 0.29) is 17.0 Å². The average molecular weight is 432 g/mol. The van der Waals surface area contributed by atoms with Gasteiger partial charge < -0.3 is 9.88 Å². The van der Waals surface area contributed by atoms with Crippen molar-refractivity contribution in [3.05, 3.63) is 70.3 Å². The van der Waals surface area contributed by atoms with Gasteiger partial charge in [0.05, 0.1) is 11.4 Å². The van der Waals surface area contributed by atoms with Gasteiger partial charge >= 0.3 is 0 Å². The minimum Gasteiger partial charge on any atom is -0.345 e. The molecule has 10 heteroatoms. The second kappa shape index (κ2) is 8.58. The van der Waals surface area contributed by atoms with Gasteiger partial charge in [-0.25, -0.2) is 8.42 Å². The normalized spacial score (nSPS) is 11.2. The van der Waals surface area contributed by atoms with E-state index in [0.29, 0.717) is 22.8 Å². The maximum absolute atomic E-state index is 12.7. The van der Waals surface area contributed by atoms with Gasteiger partial charge in [-0.2, -0.15) is 5.10 Å². The van der Waals surface area contributed by atoms with E-state index in [1.807, 2.05) is 19.9 Å². The van der Waals surface area contributed by atoms with Gasteiger partial charge in [-0.1, -0.05) is 18.2 Å². The number of aromatic nitrogens is 3. The molecule has 3 rings (SSSR count). The molecule has 0 saturated heterocycles. The largest absolute Gasteiger partial charge is 0.345 e. The first-order valence-electron chi connectivity index (χ1n) is 8.92. The molecule has 2 aromatic carbocycles. The molecule has 3 N–H and O–H groups in total. The minimum atomic E-state index is -3.83. The molecule has 0 unspecified atom stereocenters. The van der Waals surface area contributed by atoms with E-state index in [2.05, 4.69) is 20.2 Å². The third kappa shape index (κ3) is 4.90. The van der Waals surface area contributed by atoms with Crippen LogP contribution in [0.5, 0.6) is 0 Å². The monoisotopic (exact) mass is 431 g/mol. The van der Waals surface area contributed by atoms with Gasteiger partial charge in [0.1, 0.15) is 0 Å². The van der Waals surface area contributed by atoms with E-state index in [0.717, 1.165) is 5.56 Å². The lowest BCUT2D eigenvalue weighted by molar-refractivity contribution is 0.0949. The molecule has 0 atom stereocenters. The molecule has 8 nitrogen and oxygen atoms in total. The van der Waals surface area contributed by atoms with Crippen molar-refractivity contribution in [3.8, 4) is 0 Å². The molecule has 152 valence electrons. The number of carbonyl (C=O) groups is 1. The predicted octanol–water partition coefficient (Wildman–Crippen LogP) is 3.00. The first-order chi connectivity index (χ1) is 13.8. The Kier molecular flexibility index (Phi) is 6.14. The van der Waals surface area contributed by atoms with Crippen molar-refractivity contribution in [2.24, 2.45) is 0 Å². The third-order valence-electron chi connectivity index (χ3n) is 4.24. The summed E-state index contributed by atoms with van der Waals surface area (Å²) in [5.41, 5.74) is 1.62. The first-order valence-corrected chi connectivity index (χ1v) is 10.8. The highest BCUT2D eigenvalue weighted by molar-refractivity contribution is 7.92. The lowest BCUT2D eigenvalue weighted by Crippen LogP contribution is -2.25. The molecule has 0 saturated carbocycles. The highest BCUT2D eigenvalue weighted by Gasteiger charge is 2.17. The zero-order chi connectivity index (χ0) is 21.0. The summed E-state index contributed by atoms with van der Waals surface area (Å²) < 4.78 is 30.1. The Bertz CT molecular complexity index is 1200. The molecule has 0 radical (unpaired) electrons. The quantitative estimate of drug-likeness (QED) is 0.498. The number of amides is 1. The molecule has 0 aliphatic rings. The highest BCUT2D eigenvalue weighted by Crippen LogP contribution is 2.18. The fourth-order valence-electron chi connectivity index (χ4n) is 2.80. The van der Waals surface area contributed by atoms with E-state index in [1.54, 1.807) is 28.8 Å². The summed E-state index contributed by atoms with van der Waals surface area (Å²) >= 11 is 5.12. The topological polar surface area (TPSA) is 109 Å². The van der Waals surface area contributed by atoms with Gasteiger partial charge in [0, 0.05) is 17.8 Å². The molecular formula is C19H21N5O3S2. The van der Waals surface area contributed by atoms with Crippen molar-refractivity contribution in [2.75, 3.05) is 4.72 Å². The minimum absolute atomic E-state index is 0.00268. The summed E-state index contributed by atoms with van der Waals surface area (Å²) in [5.74, 6) is 0.185. The number of benzene rings is 2. The Labute approximate surface area is 174 Å². The Balaban J connectivity index is 1.75. The van der Waals surface area contributed by atoms with Gasteiger partial charge in [-0.15, -0.1) is 0 Å². The van der Waals surface area contributed by atoms with E-state index >= 15 is 0 Å². The zero-order valence-electron chi connectivity index (χ0n) is 16.0. The summed E-state index contributed by atoms with van der Waals surface area (Å²) in [6.45, 7) is 4.59. The summed E-state index contributed by atoms with van der Waals surface area (Å²) in [7, 11) is -3.83. The van der Waals surface area contributed by atoms with Crippen molar-refractivity contribution in [2.45, 2.75) is 31.8 Å². The van der Waals surface area contributed by atoms with Crippen LogP contribution in [0.3, 0.4) is 0 Å². The van der Waals surface area contributed by atoms with Crippen LogP contribution in [0.4, 0.5) is 5.69 Å². The van der Waals surface area contributed by atoms with Crippen LogP contribution in [0.2, 0.25) is 0 Å². The lowest BCUT2D eigenvalue weighted by Gasteiger charge is -2.10. The number of sulfonamides is 1. The smallest absolute Gasteiger partial charge is 0.261 e. The number of rotatable bonds is 7. The SMILES string of the molecule is CCn1c(CNC(=O)c2cccc(S(=O)(=O)Nc3cccc(C)c3)c2)n[nH]c1=S. The molecule has 0 aliphatic heterocycles. The van der Waals surface area contributed by atoms with Crippen molar-refractivity contribution in [1.29, 1.82) is 0 Å². The standard InChI is InChI=1S/C19H21N5O3S2/c1-3-24-17(21-22-19(24)28)12-20-18(25)14-7-5-9-16(11-14)29(26,27)23-15-8-4-6-13(2)10-15/h4-11,23H,3,12H2,1-2H3,(H,20,25)(H,22,28). The van der Waals surface area contributed by atoms with Crippen LogP contribution in [0.1, 0.15) is 28.7 Å². The lowest BCUT2D eigenvalue weighted by atomic mass is 10.2. The van der Waals surface area contributed by atoms with Gasteiger partial charge in [0.2, 0.25) is 0 Å². The maximum atomic E-state index is 12.7. The van der Waals surface area contributed by atoms with Gasteiger partial charge in [-0.05, 0) is 62.0 Å². The van der Waals surface area contributed by atoms with Crippen molar-refractivity contribution in [1.82, 2.24) is 20.1 Å². The number of aryl methyl sites for hydroxylation is 1. The number of hydrogen-bond donors (Lipinski definition) is 3. The summed E-state index contributed by atoms with van der Waals surface area (Å²) in [6.07, 6.45) is 0. The van der Waals surface area contributed by atoms with Crippen LogP contribution in [0.25, 0.3) is 0 Å². The molecule has 1 heterocycles. The van der Waals surface area contributed by atoms with Crippen molar-refractivity contribution >= 4 is 33.8 Å². The molecule has 0 fully saturated rings. The molecule has 1 amide bonds. The second-order valence-electron chi connectivity index (χ2n) is 6.37. The van der Waals surface area contributed by atoms with Gasteiger partial charge in [0.25, 0.3) is 15.9 Å². The Morgan fingerprint density at radius 1 is 1.21 bits per heavy atom. The Morgan fingerprint density at radius 2 is 1.97 bits per heavy atom. The average Bonchev–Trinajstić information content (AvgIpc) is 3.05. The van der Waals surface area contributed by atoms with Gasteiger partial charge in [0.15, 0.2) is 10.6 Å². The summed E-state index contributed by atoms with van der Waals surface area (Å²) in [5, 5.41) is 9.51. The van der Waals surface area contributed by atoms with E-state index < -0.39 is 15.9 Å². The van der Waals surface area contributed by atoms with E-state index in [1.165, 1.54) is 18.2 Å².